The molecule has 0 fully saturated rings. The molecule has 0 saturated heterocycles. The summed E-state index contributed by atoms with van der Waals surface area (Å²) in [4.78, 5) is 14.8. The van der Waals surface area contributed by atoms with Crippen LogP contribution in [-0.2, 0) is 11.2 Å². The highest BCUT2D eigenvalue weighted by Gasteiger charge is 2.14. The number of benzene rings is 1. The molecule has 2 aromatic rings. The second-order valence-corrected chi connectivity index (χ2v) is 4.30. The van der Waals surface area contributed by atoms with E-state index in [0.717, 1.165) is 0 Å². The summed E-state index contributed by atoms with van der Waals surface area (Å²) in [6, 6.07) is 7.24. The molecule has 1 aromatic heterocycles. The number of halogens is 1. The number of carbonyl (C=O) groups is 1. The van der Waals surface area contributed by atoms with E-state index in [0.29, 0.717) is 34.4 Å². The molecular weight excluding hydrogens is 254 g/mol. The van der Waals surface area contributed by atoms with Gasteiger partial charge < -0.3 is 9.52 Å². The summed E-state index contributed by atoms with van der Waals surface area (Å²) in [5.74, 6) is 0.210. The average Bonchev–Trinajstić information content (AvgIpc) is 2.68. The van der Waals surface area contributed by atoms with Crippen LogP contribution in [-0.4, -0.2) is 16.1 Å². The normalized spacial score (nSPS) is 10.6. The van der Waals surface area contributed by atoms with Gasteiger partial charge in [0, 0.05) is 6.42 Å². The zero-order valence-corrected chi connectivity index (χ0v) is 10.6. The highest BCUT2D eigenvalue weighted by atomic mass is 35.5. The molecule has 94 valence electrons. The van der Waals surface area contributed by atoms with Crippen molar-refractivity contribution in [1.82, 2.24) is 4.98 Å². The quantitative estimate of drug-likeness (QED) is 0.921. The minimum absolute atomic E-state index is 0.0370. The lowest BCUT2D eigenvalue weighted by Crippen LogP contribution is -1.98. The average molecular weight is 266 g/mol. The number of carboxylic acid groups (broad SMARTS) is 1. The molecule has 0 aliphatic rings. The number of hydrogen-bond donors (Lipinski definition) is 1. The topological polar surface area (TPSA) is 63.3 Å². The number of nitrogens with zero attached hydrogens (tertiary/aromatic N) is 1. The van der Waals surface area contributed by atoms with Gasteiger partial charge in [0.05, 0.1) is 22.7 Å². The maximum Gasteiger partial charge on any atom is 0.303 e. The molecule has 0 saturated carbocycles. The van der Waals surface area contributed by atoms with E-state index in [9.17, 15) is 4.79 Å². The lowest BCUT2D eigenvalue weighted by Gasteiger charge is -1.97. The zero-order chi connectivity index (χ0) is 13.1. The van der Waals surface area contributed by atoms with Gasteiger partial charge in [-0.2, -0.15) is 0 Å². The van der Waals surface area contributed by atoms with Crippen LogP contribution in [0, 0.1) is 6.92 Å². The van der Waals surface area contributed by atoms with Gasteiger partial charge in [0.15, 0.2) is 0 Å². The Balaban J connectivity index is 2.29. The Morgan fingerprint density at radius 3 is 2.83 bits per heavy atom. The first-order chi connectivity index (χ1) is 8.58. The van der Waals surface area contributed by atoms with E-state index in [1.54, 1.807) is 13.0 Å². The van der Waals surface area contributed by atoms with Crippen molar-refractivity contribution in [2.75, 3.05) is 0 Å². The minimum atomic E-state index is -0.850. The molecule has 0 atom stereocenters. The first-order valence-corrected chi connectivity index (χ1v) is 5.88. The molecule has 2 rings (SSSR count). The summed E-state index contributed by atoms with van der Waals surface area (Å²) in [5.41, 5.74) is 1.37. The summed E-state index contributed by atoms with van der Waals surface area (Å²) in [5, 5.41) is 9.21. The van der Waals surface area contributed by atoms with Crippen LogP contribution < -0.4 is 0 Å². The Hall–Kier alpha value is -1.81. The molecule has 1 heterocycles. The molecule has 0 radical (unpaired) electrons. The predicted octanol–water partition coefficient (Wildman–Crippen LogP) is 3.32. The Morgan fingerprint density at radius 1 is 1.44 bits per heavy atom. The third-order valence-corrected chi connectivity index (χ3v) is 2.90. The molecule has 0 spiro atoms. The number of oxazole rings is 1. The monoisotopic (exact) mass is 265 g/mol. The van der Waals surface area contributed by atoms with Crippen LogP contribution in [0.15, 0.2) is 28.7 Å². The smallest absolute Gasteiger partial charge is 0.303 e. The highest BCUT2D eigenvalue weighted by molar-refractivity contribution is 6.33. The number of aromatic nitrogens is 1. The van der Waals surface area contributed by atoms with Gasteiger partial charge >= 0.3 is 5.97 Å². The van der Waals surface area contributed by atoms with E-state index in [1.807, 2.05) is 18.2 Å². The van der Waals surface area contributed by atoms with Crippen LogP contribution in [0.1, 0.15) is 17.9 Å². The SMILES string of the molecule is Cc1oc(-c2ccccc2Cl)nc1CCC(=O)O. The third kappa shape index (κ3) is 2.71. The van der Waals surface area contributed by atoms with Crippen LogP contribution in [0.25, 0.3) is 11.5 Å². The molecule has 1 aromatic carbocycles. The van der Waals surface area contributed by atoms with E-state index in [1.165, 1.54) is 0 Å². The minimum Gasteiger partial charge on any atom is -0.481 e. The summed E-state index contributed by atoms with van der Waals surface area (Å²) in [6.45, 7) is 1.77. The summed E-state index contributed by atoms with van der Waals surface area (Å²) < 4.78 is 5.53. The van der Waals surface area contributed by atoms with Crippen molar-refractivity contribution in [3.63, 3.8) is 0 Å². The molecule has 0 unspecified atom stereocenters. The standard InChI is InChI=1S/C13H12ClNO3/c1-8-11(6-7-12(16)17)15-13(18-8)9-4-2-3-5-10(9)14/h2-5H,6-7H2,1H3,(H,16,17). The predicted molar refractivity (Wildman–Crippen MR) is 67.6 cm³/mol. The first kappa shape index (κ1) is 12.6. The van der Waals surface area contributed by atoms with E-state index in [-0.39, 0.29) is 6.42 Å². The molecule has 0 bridgehead atoms. The van der Waals surface area contributed by atoms with Gasteiger partial charge in [0.2, 0.25) is 5.89 Å². The Bertz CT molecular complexity index is 577. The molecule has 5 heteroatoms. The molecule has 4 nitrogen and oxygen atoms in total. The van der Waals surface area contributed by atoms with Crippen molar-refractivity contribution in [2.45, 2.75) is 19.8 Å². The number of aryl methyl sites for hydroxylation is 2. The number of aliphatic carboxylic acids is 1. The Kier molecular flexibility index (Phi) is 3.67. The molecular formula is C13H12ClNO3. The largest absolute Gasteiger partial charge is 0.481 e. The van der Waals surface area contributed by atoms with Crippen LogP contribution >= 0.6 is 11.6 Å². The molecule has 0 aliphatic heterocycles. The lowest BCUT2D eigenvalue weighted by atomic mass is 10.2. The Morgan fingerprint density at radius 2 is 2.17 bits per heavy atom. The fraction of sp³-hybridized carbons (Fsp3) is 0.231. The lowest BCUT2D eigenvalue weighted by molar-refractivity contribution is -0.136. The van der Waals surface area contributed by atoms with Gasteiger partial charge in [-0.15, -0.1) is 0 Å². The second kappa shape index (κ2) is 5.23. The first-order valence-electron chi connectivity index (χ1n) is 5.51. The fourth-order valence-corrected chi connectivity index (χ4v) is 1.85. The number of hydrogen-bond acceptors (Lipinski definition) is 3. The van der Waals surface area contributed by atoms with Gasteiger partial charge in [-0.25, -0.2) is 4.98 Å². The molecule has 1 N–H and O–H groups in total. The number of carboxylic acids is 1. The van der Waals surface area contributed by atoms with Gasteiger partial charge in [0.1, 0.15) is 5.76 Å². The van der Waals surface area contributed by atoms with Crippen LogP contribution in [0.3, 0.4) is 0 Å². The van der Waals surface area contributed by atoms with Crippen LogP contribution in [0.5, 0.6) is 0 Å². The van der Waals surface area contributed by atoms with Gasteiger partial charge in [-0.3, -0.25) is 4.79 Å². The van der Waals surface area contributed by atoms with Gasteiger partial charge in [0.25, 0.3) is 0 Å². The summed E-state index contributed by atoms with van der Waals surface area (Å²) in [7, 11) is 0. The Labute approximate surface area is 109 Å². The second-order valence-electron chi connectivity index (χ2n) is 3.90. The van der Waals surface area contributed by atoms with Crippen molar-refractivity contribution < 1.29 is 14.3 Å². The zero-order valence-electron chi connectivity index (χ0n) is 9.81. The van der Waals surface area contributed by atoms with Crippen molar-refractivity contribution in [2.24, 2.45) is 0 Å². The van der Waals surface area contributed by atoms with Crippen molar-refractivity contribution in [3.05, 3.63) is 40.7 Å². The van der Waals surface area contributed by atoms with Gasteiger partial charge in [-0.1, -0.05) is 23.7 Å². The van der Waals surface area contributed by atoms with Crippen molar-refractivity contribution >= 4 is 17.6 Å². The van der Waals surface area contributed by atoms with Gasteiger partial charge in [-0.05, 0) is 19.1 Å². The number of rotatable bonds is 4. The van der Waals surface area contributed by atoms with Crippen LogP contribution in [0.4, 0.5) is 0 Å². The molecule has 0 amide bonds. The van der Waals surface area contributed by atoms with E-state index < -0.39 is 5.97 Å². The van der Waals surface area contributed by atoms with E-state index >= 15 is 0 Å². The maximum atomic E-state index is 10.5. The molecule has 0 aliphatic carbocycles. The highest BCUT2D eigenvalue weighted by Crippen LogP contribution is 2.28. The molecule has 18 heavy (non-hydrogen) atoms. The van der Waals surface area contributed by atoms with E-state index in [4.69, 9.17) is 21.1 Å². The maximum absolute atomic E-state index is 10.5. The third-order valence-electron chi connectivity index (χ3n) is 2.57. The summed E-state index contributed by atoms with van der Waals surface area (Å²) in [6.07, 6.45) is 0.393. The van der Waals surface area contributed by atoms with Crippen molar-refractivity contribution in [1.29, 1.82) is 0 Å². The fourth-order valence-electron chi connectivity index (χ4n) is 1.64. The van der Waals surface area contributed by atoms with Crippen molar-refractivity contribution in [3.8, 4) is 11.5 Å². The summed E-state index contributed by atoms with van der Waals surface area (Å²) >= 11 is 6.05. The van der Waals surface area contributed by atoms with Crippen LogP contribution in [0.2, 0.25) is 5.02 Å². The van der Waals surface area contributed by atoms with E-state index in [2.05, 4.69) is 4.98 Å².